The van der Waals surface area contributed by atoms with E-state index in [2.05, 4.69) is 25.9 Å². The number of hydrogen-bond donors (Lipinski definition) is 3. The van der Waals surface area contributed by atoms with Crippen molar-refractivity contribution in [1.82, 2.24) is 9.97 Å². The van der Waals surface area contributed by atoms with Gasteiger partial charge >= 0.3 is 6.03 Å². The van der Waals surface area contributed by atoms with E-state index in [1.54, 1.807) is 6.07 Å². The lowest BCUT2D eigenvalue weighted by Gasteiger charge is -2.12. The molecule has 0 aliphatic carbocycles. The van der Waals surface area contributed by atoms with Crippen molar-refractivity contribution in [1.29, 1.82) is 0 Å². The third-order valence-corrected chi connectivity index (χ3v) is 3.86. The van der Waals surface area contributed by atoms with E-state index in [0.717, 1.165) is 16.9 Å². The maximum Gasteiger partial charge on any atom is 0.323 e. The minimum absolute atomic E-state index is 0.0356. The first-order valence-electron chi connectivity index (χ1n) is 9.41. The van der Waals surface area contributed by atoms with Gasteiger partial charge in [0, 0.05) is 23.1 Å². The molecule has 7 heteroatoms. The number of anilines is 4. The summed E-state index contributed by atoms with van der Waals surface area (Å²) in [4.78, 5) is 20.8. The molecular formula is C22H25N5O2. The fourth-order valence-electron chi connectivity index (χ4n) is 2.71. The van der Waals surface area contributed by atoms with Crippen molar-refractivity contribution in [3.05, 3.63) is 66.0 Å². The molecule has 3 rings (SSSR count). The number of carbonyl (C=O) groups excluding carboxylic acids is 1. The molecule has 29 heavy (non-hydrogen) atoms. The number of ether oxygens (including phenoxy) is 1. The molecule has 0 bridgehead atoms. The lowest BCUT2D eigenvalue weighted by Crippen LogP contribution is -2.19. The Balaban J connectivity index is 1.61. The first-order chi connectivity index (χ1) is 13.9. The van der Waals surface area contributed by atoms with Crippen LogP contribution in [0.25, 0.3) is 0 Å². The number of benzene rings is 2. The zero-order chi connectivity index (χ0) is 20.8. The fourth-order valence-corrected chi connectivity index (χ4v) is 2.71. The quantitative estimate of drug-likeness (QED) is 0.533. The second-order valence-electron chi connectivity index (χ2n) is 6.96. The van der Waals surface area contributed by atoms with Gasteiger partial charge in [0.05, 0.1) is 6.10 Å². The van der Waals surface area contributed by atoms with Crippen molar-refractivity contribution in [2.24, 2.45) is 0 Å². The van der Waals surface area contributed by atoms with Crippen molar-refractivity contribution in [3.63, 3.8) is 0 Å². The molecule has 0 fully saturated rings. The van der Waals surface area contributed by atoms with Gasteiger partial charge < -0.3 is 20.7 Å². The van der Waals surface area contributed by atoms with Crippen LogP contribution in [0.5, 0.6) is 5.88 Å². The van der Waals surface area contributed by atoms with Gasteiger partial charge in [-0.05, 0) is 69.7 Å². The van der Waals surface area contributed by atoms with Crippen molar-refractivity contribution in [2.75, 3.05) is 16.0 Å². The van der Waals surface area contributed by atoms with Crippen LogP contribution in [-0.2, 0) is 0 Å². The van der Waals surface area contributed by atoms with Gasteiger partial charge in [-0.3, -0.25) is 0 Å². The van der Waals surface area contributed by atoms with E-state index in [4.69, 9.17) is 4.74 Å². The van der Waals surface area contributed by atoms with Crippen molar-refractivity contribution in [2.45, 2.75) is 33.8 Å². The number of nitrogens with one attached hydrogen (secondary N) is 3. The summed E-state index contributed by atoms with van der Waals surface area (Å²) in [5, 5.41) is 8.86. The van der Waals surface area contributed by atoms with Crippen LogP contribution in [-0.4, -0.2) is 22.1 Å². The Morgan fingerprint density at radius 3 is 2.28 bits per heavy atom. The third-order valence-electron chi connectivity index (χ3n) is 3.86. The van der Waals surface area contributed by atoms with Crippen LogP contribution in [0.4, 0.5) is 27.7 Å². The zero-order valence-electron chi connectivity index (χ0n) is 17.0. The van der Waals surface area contributed by atoms with Gasteiger partial charge in [-0.25, -0.2) is 9.78 Å². The number of rotatable bonds is 6. The lowest BCUT2D eigenvalue weighted by molar-refractivity contribution is 0.232. The molecule has 2 aromatic carbocycles. The predicted molar refractivity (Wildman–Crippen MR) is 116 cm³/mol. The zero-order valence-corrected chi connectivity index (χ0v) is 17.0. The molecule has 1 heterocycles. The minimum Gasteiger partial charge on any atom is -0.475 e. The second kappa shape index (κ2) is 9.05. The summed E-state index contributed by atoms with van der Waals surface area (Å²) in [5.74, 6) is 1.80. The largest absolute Gasteiger partial charge is 0.475 e. The molecule has 0 aliphatic heterocycles. The second-order valence-corrected chi connectivity index (χ2v) is 6.96. The fraction of sp³-hybridized carbons (Fsp3) is 0.227. The lowest BCUT2D eigenvalue weighted by atomic mass is 10.2. The molecule has 0 aliphatic rings. The Hall–Kier alpha value is -3.61. The highest BCUT2D eigenvalue weighted by molar-refractivity contribution is 5.99. The molecule has 2 amide bonds. The van der Waals surface area contributed by atoms with E-state index in [0.29, 0.717) is 23.2 Å². The summed E-state index contributed by atoms with van der Waals surface area (Å²) in [6.07, 6.45) is 0.0356. The first-order valence-corrected chi connectivity index (χ1v) is 9.41. The molecule has 0 unspecified atom stereocenters. The topological polar surface area (TPSA) is 88.2 Å². The Kier molecular flexibility index (Phi) is 6.29. The number of aromatic nitrogens is 2. The number of nitrogens with zero attached hydrogens (tertiary/aromatic N) is 2. The molecule has 0 spiro atoms. The Morgan fingerprint density at radius 2 is 1.59 bits per heavy atom. The highest BCUT2D eigenvalue weighted by atomic mass is 16.5. The van der Waals surface area contributed by atoms with Crippen LogP contribution in [0, 0.1) is 13.8 Å². The average molecular weight is 391 g/mol. The predicted octanol–water partition coefficient (Wildman–Crippen LogP) is 5.27. The Morgan fingerprint density at radius 1 is 0.897 bits per heavy atom. The average Bonchev–Trinajstić information content (AvgIpc) is 2.62. The van der Waals surface area contributed by atoms with E-state index >= 15 is 0 Å². The van der Waals surface area contributed by atoms with Crippen LogP contribution in [0.3, 0.4) is 0 Å². The van der Waals surface area contributed by atoms with E-state index < -0.39 is 0 Å². The van der Waals surface area contributed by atoms with Gasteiger partial charge in [0.15, 0.2) is 0 Å². The maximum atomic E-state index is 12.2. The van der Waals surface area contributed by atoms with Gasteiger partial charge in [0.1, 0.15) is 11.6 Å². The molecule has 0 radical (unpaired) electrons. The third kappa shape index (κ3) is 6.21. The van der Waals surface area contributed by atoms with E-state index in [-0.39, 0.29) is 12.1 Å². The molecule has 7 nitrogen and oxygen atoms in total. The maximum absolute atomic E-state index is 12.2. The van der Waals surface area contributed by atoms with Crippen LogP contribution in [0.2, 0.25) is 0 Å². The normalized spacial score (nSPS) is 10.5. The van der Waals surface area contributed by atoms with Crippen LogP contribution in [0.15, 0.2) is 54.6 Å². The number of urea groups is 1. The van der Waals surface area contributed by atoms with Gasteiger partial charge in [0.2, 0.25) is 5.88 Å². The number of aryl methyl sites for hydroxylation is 2. The molecular weight excluding hydrogens is 366 g/mol. The first kappa shape index (κ1) is 20.1. The summed E-state index contributed by atoms with van der Waals surface area (Å²) in [5.41, 5.74) is 3.35. The van der Waals surface area contributed by atoms with Gasteiger partial charge in [-0.2, -0.15) is 4.98 Å². The number of hydrogen-bond acceptors (Lipinski definition) is 5. The number of carbonyl (C=O) groups is 1. The SMILES string of the molecule is Cc1cccc(NC(=O)Nc2ccc(Nc3cc(OC(C)C)nc(C)n3)cc2)c1. The summed E-state index contributed by atoms with van der Waals surface area (Å²) < 4.78 is 5.65. The summed E-state index contributed by atoms with van der Waals surface area (Å²) in [7, 11) is 0. The molecule has 0 saturated carbocycles. The molecule has 3 aromatic rings. The van der Waals surface area contributed by atoms with Gasteiger partial charge in [0.25, 0.3) is 0 Å². The molecule has 1 aromatic heterocycles. The number of amides is 2. The standard InChI is InChI=1S/C22H25N5O2/c1-14(2)29-21-13-20(23-16(4)24-21)25-17-8-10-18(11-9-17)26-22(28)27-19-7-5-6-15(3)12-19/h5-14H,1-4H3,(H,23,24,25)(H2,26,27,28). The van der Waals surface area contributed by atoms with E-state index in [1.165, 1.54) is 0 Å². The van der Waals surface area contributed by atoms with Crippen LogP contribution in [0.1, 0.15) is 25.2 Å². The highest BCUT2D eigenvalue weighted by Crippen LogP contribution is 2.21. The van der Waals surface area contributed by atoms with Crippen molar-refractivity contribution >= 4 is 28.9 Å². The molecule has 0 saturated heterocycles. The summed E-state index contributed by atoms with van der Waals surface area (Å²) in [6.45, 7) is 7.70. The smallest absolute Gasteiger partial charge is 0.323 e. The highest BCUT2D eigenvalue weighted by Gasteiger charge is 2.06. The molecule has 0 atom stereocenters. The van der Waals surface area contributed by atoms with Crippen molar-refractivity contribution < 1.29 is 9.53 Å². The van der Waals surface area contributed by atoms with Crippen LogP contribution >= 0.6 is 0 Å². The Labute approximate surface area is 170 Å². The molecule has 150 valence electrons. The van der Waals surface area contributed by atoms with Crippen LogP contribution < -0.4 is 20.7 Å². The minimum atomic E-state index is -0.293. The monoisotopic (exact) mass is 391 g/mol. The molecule has 3 N–H and O–H groups in total. The van der Waals surface area contributed by atoms with Gasteiger partial charge in [-0.1, -0.05) is 12.1 Å². The Bertz CT molecular complexity index is 987. The van der Waals surface area contributed by atoms with Crippen molar-refractivity contribution in [3.8, 4) is 5.88 Å². The summed E-state index contributed by atoms with van der Waals surface area (Å²) in [6, 6.07) is 16.5. The van der Waals surface area contributed by atoms with Gasteiger partial charge in [-0.15, -0.1) is 0 Å². The summed E-state index contributed by atoms with van der Waals surface area (Å²) >= 11 is 0. The van der Waals surface area contributed by atoms with E-state index in [1.807, 2.05) is 76.2 Å². The van der Waals surface area contributed by atoms with E-state index in [9.17, 15) is 4.79 Å².